The van der Waals surface area contributed by atoms with Gasteiger partial charge in [0, 0.05) is 0 Å². The number of ether oxygens (including phenoxy) is 1. The van der Waals surface area contributed by atoms with Crippen LogP contribution in [0.2, 0.25) is 0 Å². The van der Waals surface area contributed by atoms with Gasteiger partial charge < -0.3 is 10.1 Å². The van der Waals surface area contributed by atoms with Crippen molar-refractivity contribution in [1.29, 1.82) is 5.26 Å². The molecule has 28 heavy (non-hydrogen) atoms. The number of esters is 1. The highest BCUT2D eigenvalue weighted by molar-refractivity contribution is 5.92. The first-order chi connectivity index (χ1) is 12.9. The molecule has 1 aromatic carbocycles. The summed E-state index contributed by atoms with van der Waals surface area (Å²) in [5, 5.41) is 11.5. The first kappa shape index (κ1) is 21.5. The smallest absolute Gasteiger partial charge is 0.416 e. The Morgan fingerprint density at radius 3 is 1.96 bits per heavy atom. The fourth-order valence-electron chi connectivity index (χ4n) is 2.83. The average Bonchev–Trinajstić information content (AvgIpc) is 3.06. The maximum absolute atomic E-state index is 12.8. The number of hydrogen-bond donors (Lipinski definition) is 1. The summed E-state index contributed by atoms with van der Waals surface area (Å²) in [5.41, 5.74) is -5.45. The molecule has 1 saturated carbocycles. The molecule has 11 heteroatoms. The fourth-order valence-corrected chi connectivity index (χ4v) is 2.83. The van der Waals surface area contributed by atoms with Gasteiger partial charge in [0.2, 0.25) is 0 Å². The van der Waals surface area contributed by atoms with E-state index in [1.807, 2.05) is 6.07 Å². The van der Waals surface area contributed by atoms with Gasteiger partial charge in [-0.3, -0.25) is 4.79 Å². The molecule has 1 amide bonds. The average molecular weight is 408 g/mol. The molecule has 0 atom stereocenters. The van der Waals surface area contributed by atoms with Crippen LogP contribution in [-0.2, 0) is 21.9 Å². The van der Waals surface area contributed by atoms with Gasteiger partial charge >= 0.3 is 18.3 Å². The lowest BCUT2D eigenvalue weighted by Gasteiger charge is -2.21. The van der Waals surface area contributed by atoms with Crippen molar-refractivity contribution in [3.05, 3.63) is 34.9 Å². The molecule has 1 N–H and O–H groups in total. The Kier molecular flexibility index (Phi) is 5.91. The zero-order chi connectivity index (χ0) is 21.2. The molecule has 0 saturated heterocycles. The number of carbonyl (C=O) groups excluding carboxylic acids is 2. The summed E-state index contributed by atoms with van der Waals surface area (Å²) in [7, 11) is 0. The highest BCUT2D eigenvalue weighted by atomic mass is 19.4. The van der Waals surface area contributed by atoms with Gasteiger partial charge in [-0.1, -0.05) is 0 Å². The van der Waals surface area contributed by atoms with Crippen LogP contribution in [0.3, 0.4) is 0 Å². The Morgan fingerprint density at radius 2 is 1.54 bits per heavy atom. The third kappa shape index (κ3) is 5.15. The molecule has 0 radical (unpaired) electrons. The quantitative estimate of drug-likeness (QED) is 0.607. The molecule has 0 aromatic heterocycles. The summed E-state index contributed by atoms with van der Waals surface area (Å²) in [6.45, 7) is -0.945. The van der Waals surface area contributed by atoms with Crippen LogP contribution in [0.5, 0.6) is 0 Å². The van der Waals surface area contributed by atoms with E-state index in [-0.39, 0.29) is 18.2 Å². The Labute approximate surface area is 155 Å². The molecule has 1 aliphatic carbocycles. The van der Waals surface area contributed by atoms with E-state index < -0.39 is 53.1 Å². The molecule has 0 spiro atoms. The van der Waals surface area contributed by atoms with Gasteiger partial charge in [0.15, 0.2) is 6.61 Å². The van der Waals surface area contributed by atoms with Crippen LogP contribution in [0.1, 0.15) is 47.2 Å². The van der Waals surface area contributed by atoms with E-state index in [1.165, 1.54) is 0 Å². The molecule has 1 aliphatic rings. The zero-order valence-corrected chi connectivity index (χ0v) is 14.2. The van der Waals surface area contributed by atoms with Crippen molar-refractivity contribution in [2.75, 3.05) is 6.61 Å². The van der Waals surface area contributed by atoms with Crippen molar-refractivity contribution in [3.8, 4) is 6.07 Å². The van der Waals surface area contributed by atoms with Crippen LogP contribution in [0.4, 0.5) is 26.3 Å². The van der Waals surface area contributed by atoms with E-state index in [4.69, 9.17) is 5.26 Å². The van der Waals surface area contributed by atoms with Crippen LogP contribution in [-0.4, -0.2) is 24.0 Å². The molecule has 0 heterocycles. The highest BCUT2D eigenvalue weighted by Crippen LogP contribution is 2.36. The molecule has 0 unspecified atom stereocenters. The maximum Gasteiger partial charge on any atom is 0.416 e. The van der Waals surface area contributed by atoms with Crippen LogP contribution >= 0.6 is 0 Å². The van der Waals surface area contributed by atoms with Crippen molar-refractivity contribution in [1.82, 2.24) is 5.32 Å². The largest absolute Gasteiger partial charge is 0.452 e. The lowest BCUT2D eigenvalue weighted by Crippen LogP contribution is -2.46. The lowest BCUT2D eigenvalue weighted by molar-refractivity contribution is -0.143. The molecule has 0 aliphatic heterocycles. The summed E-state index contributed by atoms with van der Waals surface area (Å²) in [5.74, 6) is -2.40. The molecular formula is C17H14F6N2O3. The molecule has 0 bridgehead atoms. The monoisotopic (exact) mass is 408 g/mol. The van der Waals surface area contributed by atoms with E-state index in [0.29, 0.717) is 25.7 Å². The third-order valence-electron chi connectivity index (χ3n) is 4.21. The van der Waals surface area contributed by atoms with Gasteiger partial charge in [-0.2, -0.15) is 31.6 Å². The van der Waals surface area contributed by atoms with Gasteiger partial charge in [-0.15, -0.1) is 0 Å². The SMILES string of the molecule is N#CC1(NC(=O)COC(=O)c2cc(C(F)(F)F)cc(C(F)(F)F)c2)CCCC1. The third-order valence-corrected chi connectivity index (χ3v) is 4.21. The minimum Gasteiger partial charge on any atom is -0.452 e. The van der Waals surface area contributed by atoms with E-state index in [2.05, 4.69) is 10.1 Å². The summed E-state index contributed by atoms with van der Waals surface area (Å²) in [6, 6.07) is 2.25. The van der Waals surface area contributed by atoms with Crippen molar-refractivity contribution in [2.45, 2.75) is 43.6 Å². The van der Waals surface area contributed by atoms with Gasteiger partial charge in [0.25, 0.3) is 5.91 Å². The molecule has 1 fully saturated rings. The number of carbonyl (C=O) groups is 2. The van der Waals surface area contributed by atoms with Crippen molar-refractivity contribution < 1.29 is 40.7 Å². The number of alkyl halides is 6. The van der Waals surface area contributed by atoms with Gasteiger partial charge in [0.1, 0.15) is 5.54 Å². The van der Waals surface area contributed by atoms with Gasteiger partial charge in [-0.05, 0) is 43.9 Å². The van der Waals surface area contributed by atoms with Crippen molar-refractivity contribution in [3.63, 3.8) is 0 Å². The first-order valence-electron chi connectivity index (χ1n) is 8.05. The van der Waals surface area contributed by atoms with Crippen molar-refractivity contribution >= 4 is 11.9 Å². The van der Waals surface area contributed by atoms with Crippen LogP contribution in [0.15, 0.2) is 18.2 Å². The van der Waals surface area contributed by atoms with Gasteiger partial charge in [0.05, 0.1) is 22.8 Å². The summed E-state index contributed by atoms with van der Waals surface area (Å²) in [4.78, 5) is 23.7. The van der Waals surface area contributed by atoms with E-state index in [0.717, 1.165) is 0 Å². The Morgan fingerprint density at radius 1 is 1.04 bits per heavy atom. The van der Waals surface area contributed by atoms with E-state index >= 15 is 0 Å². The number of halogens is 6. The Bertz CT molecular complexity index is 772. The Balaban J connectivity index is 2.13. The van der Waals surface area contributed by atoms with E-state index in [1.54, 1.807) is 0 Å². The minimum absolute atomic E-state index is 0.125. The Hall–Kier alpha value is -2.77. The highest BCUT2D eigenvalue weighted by Gasteiger charge is 2.38. The summed E-state index contributed by atoms with van der Waals surface area (Å²) < 4.78 is 81.4. The number of benzene rings is 1. The van der Waals surface area contributed by atoms with Gasteiger partial charge in [-0.25, -0.2) is 4.79 Å². The number of nitrogens with one attached hydrogen (secondary N) is 1. The lowest BCUT2D eigenvalue weighted by atomic mass is 10.00. The number of nitriles is 1. The molecule has 2 rings (SSSR count). The fraction of sp³-hybridized carbons (Fsp3) is 0.471. The molecular weight excluding hydrogens is 394 g/mol. The van der Waals surface area contributed by atoms with Crippen LogP contribution in [0.25, 0.3) is 0 Å². The summed E-state index contributed by atoms with van der Waals surface area (Å²) >= 11 is 0. The predicted molar refractivity (Wildman–Crippen MR) is 81.7 cm³/mol. The molecule has 152 valence electrons. The normalized spacial score (nSPS) is 16.3. The maximum atomic E-state index is 12.8. The van der Waals surface area contributed by atoms with Crippen LogP contribution < -0.4 is 5.32 Å². The second-order valence-corrected chi connectivity index (χ2v) is 6.32. The number of hydrogen-bond acceptors (Lipinski definition) is 4. The number of nitrogens with zero attached hydrogens (tertiary/aromatic N) is 1. The van der Waals surface area contributed by atoms with Crippen LogP contribution in [0, 0.1) is 11.3 Å². The second-order valence-electron chi connectivity index (χ2n) is 6.32. The van der Waals surface area contributed by atoms with Crippen molar-refractivity contribution in [2.24, 2.45) is 0 Å². The topological polar surface area (TPSA) is 79.2 Å². The standard InChI is InChI=1S/C17H14F6N2O3/c18-16(19,20)11-5-10(6-12(7-11)17(21,22)23)14(27)28-8-13(26)25-15(9-24)3-1-2-4-15/h5-7H,1-4,8H2,(H,25,26). The molecule has 5 nitrogen and oxygen atoms in total. The number of rotatable bonds is 4. The summed E-state index contributed by atoms with van der Waals surface area (Å²) in [6.07, 6.45) is -8.03. The second kappa shape index (κ2) is 7.69. The molecule has 1 aromatic rings. The number of amides is 1. The minimum atomic E-state index is -5.12. The first-order valence-corrected chi connectivity index (χ1v) is 8.05. The van der Waals surface area contributed by atoms with E-state index in [9.17, 15) is 35.9 Å². The zero-order valence-electron chi connectivity index (χ0n) is 14.2. The predicted octanol–water partition coefficient (Wildman–Crippen LogP) is 3.83.